The molecule has 0 fully saturated rings. The molecule has 5 nitrogen and oxygen atoms in total. The molecule has 100 valence electrons. The van der Waals surface area contributed by atoms with E-state index >= 15 is 0 Å². The lowest BCUT2D eigenvalue weighted by molar-refractivity contribution is 0.0535. The smallest absolute Gasteiger partial charge is 0.339 e. The summed E-state index contributed by atoms with van der Waals surface area (Å²) in [7, 11) is 1.60. The monoisotopic (exact) mass is 318 g/mol. The molecule has 0 unspecified atom stereocenters. The maximum absolute atomic E-state index is 11.0. The molecule has 0 spiro atoms. The van der Waals surface area contributed by atoms with Gasteiger partial charge in [0.15, 0.2) is 0 Å². The molecule has 1 aromatic carbocycles. The summed E-state index contributed by atoms with van der Waals surface area (Å²) >= 11 is 3.27. The Balaban J connectivity index is 2.45. The van der Waals surface area contributed by atoms with E-state index in [1.165, 1.54) is 6.07 Å². The summed E-state index contributed by atoms with van der Waals surface area (Å²) in [6.07, 6.45) is 0. The summed E-state index contributed by atoms with van der Waals surface area (Å²) in [5, 5.41) is 8.99. The highest BCUT2D eigenvalue weighted by Gasteiger charge is 2.11. The van der Waals surface area contributed by atoms with Crippen molar-refractivity contribution in [1.29, 1.82) is 0 Å². The van der Waals surface area contributed by atoms with E-state index in [2.05, 4.69) is 15.9 Å². The standard InChI is InChI=1S/C12H15BrO5/c1-16-4-5-17-6-7-18-11-8-9(13)2-3-10(11)12(14)15/h2-3,8H,4-7H2,1H3,(H,14,15). The van der Waals surface area contributed by atoms with Crippen molar-refractivity contribution in [2.24, 2.45) is 0 Å². The van der Waals surface area contributed by atoms with Crippen LogP contribution in [0.25, 0.3) is 0 Å². The molecule has 0 bridgehead atoms. The molecule has 0 aliphatic rings. The van der Waals surface area contributed by atoms with Gasteiger partial charge in [-0.1, -0.05) is 15.9 Å². The van der Waals surface area contributed by atoms with Gasteiger partial charge in [0.2, 0.25) is 0 Å². The number of carboxylic acids is 1. The highest BCUT2D eigenvalue weighted by Crippen LogP contribution is 2.23. The topological polar surface area (TPSA) is 65.0 Å². The van der Waals surface area contributed by atoms with Gasteiger partial charge in [-0.3, -0.25) is 0 Å². The number of carboxylic acid groups (broad SMARTS) is 1. The highest BCUT2D eigenvalue weighted by atomic mass is 79.9. The van der Waals surface area contributed by atoms with Crippen LogP contribution in [0.15, 0.2) is 22.7 Å². The molecule has 1 rings (SSSR count). The van der Waals surface area contributed by atoms with Gasteiger partial charge >= 0.3 is 5.97 Å². The molecule has 0 aromatic heterocycles. The van der Waals surface area contributed by atoms with E-state index in [4.69, 9.17) is 19.3 Å². The van der Waals surface area contributed by atoms with Crippen molar-refractivity contribution >= 4 is 21.9 Å². The zero-order chi connectivity index (χ0) is 13.4. The van der Waals surface area contributed by atoms with Crippen LogP contribution in [0.5, 0.6) is 5.75 Å². The maximum Gasteiger partial charge on any atom is 0.339 e. The fourth-order valence-corrected chi connectivity index (χ4v) is 1.59. The van der Waals surface area contributed by atoms with Gasteiger partial charge in [0.1, 0.15) is 17.9 Å². The minimum Gasteiger partial charge on any atom is -0.490 e. The number of aromatic carboxylic acids is 1. The van der Waals surface area contributed by atoms with E-state index in [1.54, 1.807) is 19.2 Å². The zero-order valence-electron chi connectivity index (χ0n) is 10.0. The van der Waals surface area contributed by atoms with Crippen molar-refractivity contribution < 1.29 is 24.1 Å². The first kappa shape index (κ1) is 14.9. The van der Waals surface area contributed by atoms with Gasteiger partial charge in [-0.2, -0.15) is 0 Å². The summed E-state index contributed by atoms with van der Waals surface area (Å²) in [5.74, 6) is -0.690. The third-order valence-electron chi connectivity index (χ3n) is 2.09. The lowest BCUT2D eigenvalue weighted by Gasteiger charge is -2.10. The van der Waals surface area contributed by atoms with Gasteiger partial charge in [0, 0.05) is 11.6 Å². The van der Waals surface area contributed by atoms with Crippen molar-refractivity contribution in [1.82, 2.24) is 0 Å². The number of hydrogen-bond acceptors (Lipinski definition) is 4. The van der Waals surface area contributed by atoms with Crippen molar-refractivity contribution in [3.05, 3.63) is 28.2 Å². The van der Waals surface area contributed by atoms with Crippen LogP contribution in [0.1, 0.15) is 10.4 Å². The zero-order valence-corrected chi connectivity index (χ0v) is 11.6. The van der Waals surface area contributed by atoms with E-state index in [0.29, 0.717) is 32.2 Å². The number of hydrogen-bond donors (Lipinski definition) is 1. The Bertz CT molecular complexity index is 394. The fourth-order valence-electron chi connectivity index (χ4n) is 1.25. The summed E-state index contributed by atoms with van der Waals surface area (Å²) in [6, 6.07) is 4.78. The van der Waals surface area contributed by atoms with Gasteiger partial charge < -0.3 is 19.3 Å². The number of rotatable bonds is 8. The minimum absolute atomic E-state index is 0.134. The van der Waals surface area contributed by atoms with Crippen LogP contribution in [-0.2, 0) is 9.47 Å². The fraction of sp³-hybridized carbons (Fsp3) is 0.417. The van der Waals surface area contributed by atoms with Crippen LogP contribution in [0.2, 0.25) is 0 Å². The third-order valence-corrected chi connectivity index (χ3v) is 2.58. The molecule has 1 aromatic rings. The second kappa shape index (κ2) is 8.07. The Kier molecular flexibility index (Phi) is 6.70. The Morgan fingerprint density at radius 2 is 2.00 bits per heavy atom. The third kappa shape index (κ3) is 5.03. The average Bonchev–Trinajstić information content (AvgIpc) is 2.33. The summed E-state index contributed by atoms with van der Waals surface area (Å²) in [6.45, 7) is 1.69. The van der Waals surface area contributed by atoms with E-state index in [9.17, 15) is 4.79 Å². The molecule has 0 aliphatic carbocycles. The first-order valence-electron chi connectivity index (χ1n) is 5.37. The van der Waals surface area contributed by atoms with Crippen LogP contribution in [-0.4, -0.2) is 44.6 Å². The van der Waals surface area contributed by atoms with Gasteiger partial charge in [-0.05, 0) is 18.2 Å². The Hall–Kier alpha value is -1.11. The molecule has 0 amide bonds. The number of carbonyl (C=O) groups is 1. The second-order valence-corrected chi connectivity index (χ2v) is 4.31. The van der Waals surface area contributed by atoms with Gasteiger partial charge in [0.05, 0.1) is 19.8 Å². The van der Waals surface area contributed by atoms with Crippen LogP contribution in [0, 0.1) is 0 Å². The minimum atomic E-state index is -1.02. The van der Waals surface area contributed by atoms with Crippen molar-refractivity contribution in [3.8, 4) is 5.75 Å². The Morgan fingerprint density at radius 3 is 2.67 bits per heavy atom. The van der Waals surface area contributed by atoms with Gasteiger partial charge in [-0.25, -0.2) is 4.79 Å². The average molecular weight is 319 g/mol. The van der Waals surface area contributed by atoms with Crippen molar-refractivity contribution in [3.63, 3.8) is 0 Å². The van der Waals surface area contributed by atoms with Crippen LogP contribution < -0.4 is 4.74 Å². The molecule has 0 saturated carbocycles. The molecule has 18 heavy (non-hydrogen) atoms. The van der Waals surface area contributed by atoms with E-state index in [0.717, 1.165) is 4.47 Å². The van der Waals surface area contributed by atoms with E-state index in [1.807, 2.05) is 0 Å². The SMILES string of the molecule is COCCOCCOc1cc(Br)ccc1C(=O)O. The normalized spacial score (nSPS) is 10.3. The Morgan fingerprint density at radius 1 is 1.28 bits per heavy atom. The van der Waals surface area contributed by atoms with E-state index in [-0.39, 0.29) is 5.56 Å². The second-order valence-electron chi connectivity index (χ2n) is 3.40. The van der Waals surface area contributed by atoms with E-state index < -0.39 is 5.97 Å². The van der Waals surface area contributed by atoms with Gasteiger partial charge in [0.25, 0.3) is 0 Å². The quantitative estimate of drug-likeness (QED) is 0.744. The number of benzene rings is 1. The highest BCUT2D eigenvalue weighted by molar-refractivity contribution is 9.10. The van der Waals surface area contributed by atoms with Gasteiger partial charge in [-0.15, -0.1) is 0 Å². The first-order chi connectivity index (χ1) is 8.65. The largest absolute Gasteiger partial charge is 0.490 e. The van der Waals surface area contributed by atoms with Crippen molar-refractivity contribution in [2.75, 3.05) is 33.5 Å². The lowest BCUT2D eigenvalue weighted by Crippen LogP contribution is -2.11. The molecule has 0 radical (unpaired) electrons. The summed E-state index contributed by atoms with van der Waals surface area (Å²) in [4.78, 5) is 11.0. The molecule has 1 N–H and O–H groups in total. The predicted octanol–water partition coefficient (Wildman–Crippen LogP) is 2.19. The Labute approximate surface area is 114 Å². The first-order valence-corrected chi connectivity index (χ1v) is 6.16. The predicted molar refractivity (Wildman–Crippen MR) is 69.3 cm³/mol. The van der Waals surface area contributed by atoms with Crippen molar-refractivity contribution in [2.45, 2.75) is 0 Å². The molecular weight excluding hydrogens is 304 g/mol. The van der Waals surface area contributed by atoms with Crippen LogP contribution >= 0.6 is 15.9 Å². The lowest BCUT2D eigenvalue weighted by atomic mass is 10.2. The molecular formula is C12H15BrO5. The van der Waals surface area contributed by atoms with Crippen LogP contribution in [0.3, 0.4) is 0 Å². The number of methoxy groups -OCH3 is 1. The molecule has 0 aliphatic heterocycles. The molecule has 0 atom stereocenters. The van der Waals surface area contributed by atoms with Crippen LogP contribution in [0.4, 0.5) is 0 Å². The number of halogens is 1. The summed E-state index contributed by atoms with van der Waals surface area (Å²) in [5.41, 5.74) is 0.134. The molecule has 0 saturated heterocycles. The molecule has 0 heterocycles. The maximum atomic E-state index is 11.0. The summed E-state index contributed by atoms with van der Waals surface area (Å²) < 4.78 is 16.2. The number of ether oxygens (including phenoxy) is 3. The molecule has 6 heteroatoms.